The molecule has 0 spiro atoms. The zero-order valence-corrected chi connectivity index (χ0v) is 17.9. The zero-order chi connectivity index (χ0) is 22.1. The van der Waals surface area contributed by atoms with Crippen molar-refractivity contribution < 1.29 is 14.1 Å². The van der Waals surface area contributed by atoms with E-state index in [1.807, 2.05) is 25.1 Å². The second-order valence-electron chi connectivity index (χ2n) is 7.03. The molecule has 4 rings (SSSR count). The van der Waals surface area contributed by atoms with Crippen LogP contribution in [-0.4, -0.2) is 28.0 Å². The van der Waals surface area contributed by atoms with Crippen LogP contribution in [0.2, 0.25) is 5.02 Å². The molecule has 0 radical (unpaired) electrons. The molecule has 2 heterocycles. The summed E-state index contributed by atoms with van der Waals surface area (Å²) in [6.45, 7) is 3.30. The lowest BCUT2D eigenvalue weighted by Gasteiger charge is -2.11. The number of amides is 1. The maximum absolute atomic E-state index is 12.9. The third kappa shape index (κ3) is 4.02. The van der Waals surface area contributed by atoms with E-state index < -0.39 is 11.5 Å². The van der Waals surface area contributed by atoms with Crippen LogP contribution in [0, 0.1) is 13.8 Å². The van der Waals surface area contributed by atoms with Gasteiger partial charge in [0.15, 0.2) is 5.52 Å². The molecule has 0 unspecified atom stereocenters. The molecular weight excluding hydrogens is 420 g/mol. The van der Waals surface area contributed by atoms with E-state index in [4.69, 9.17) is 20.9 Å². The van der Waals surface area contributed by atoms with Gasteiger partial charge in [0.05, 0.1) is 23.2 Å². The van der Waals surface area contributed by atoms with Crippen molar-refractivity contribution in [3.8, 4) is 17.0 Å². The second kappa shape index (κ2) is 8.23. The van der Waals surface area contributed by atoms with Gasteiger partial charge in [0.25, 0.3) is 5.56 Å². The number of carbonyl (C=O) groups is 1. The minimum absolute atomic E-state index is 0.111. The average Bonchev–Trinajstić information content (AvgIpc) is 3.14. The normalized spacial score (nSPS) is 11.0. The highest BCUT2D eigenvalue weighted by Gasteiger charge is 2.20. The van der Waals surface area contributed by atoms with Gasteiger partial charge >= 0.3 is 0 Å². The molecule has 4 aromatic rings. The molecule has 0 atom stereocenters. The lowest BCUT2D eigenvalue weighted by molar-refractivity contribution is -0.117. The molecule has 0 aliphatic heterocycles. The highest BCUT2D eigenvalue weighted by atomic mass is 35.5. The molecule has 2 aromatic heterocycles. The SMILES string of the molecule is COc1ccc(-c2nn(CC(=O)Nc3ccc(C)cc3Cl)c(=O)c3noc(C)c23)cc1. The minimum atomic E-state index is -0.519. The number of nitrogens with zero attached hydrogens (tertiary/aromatic N) is 3. The molecule has 0 saturated heterocycles. The van der Waals surface area contributed by atoms with Crippen molar-refractivity contribution in [1.82, 2.24) is 14.9 Å². The topological polar surface area (TPSA) is 99.2 Å². The lowest BCUT2D eigenvalue weighted by atomic mass is 10.1. The summed E-state index contributed by atoms with van der Waals surface area (Å²) in [4.78, 5) is 25.5. The molecule has 158 valence electrons. The van der Waals surface area contributed by atoms with Crippen molar-refractivity contribution in [2.45, 2.75) is 20.4 Å². The smallest absolute Gasteiger partial charge is 0.297 e. The van der Waals surface area contributed by atoms with E-state index in [0.29, 0.717) is 33.3 Å². The quantitative estimate of drug-likeness (QED) is 0.506. The summed E-state index contributed by atoms with van der Waals surface area (Å²) in [5, 5.41) is 12.0. The van der Waals surface area contributed by atoms with Crippen LogP contribution >= 0.6 is 11.6 Å². The Balaban J connectivity index is 1.73. The van der Waals surface area contributed by atoms with Crippen LogP contribution in [0.4, 0.5) is 5.69 Å². The number of hydrogen-bond donors (Lipinski definition) is 1. The van der Waals surface area contributed by atoms with Crippen molar-refractivity contribution >= 4 is 34.1 Å². The number of aromatic nitrogens is 3. The van der Waals surface area contributed by atoms with Gasteiger partial charge < -0.3 is 14.6 Å². The molecule has 31 heavy (non-hydrogen) atoms. The number of carbonyl (C=O) groups excluding carboxylic acids is 1. The van der Waals surface area contributed by atoms with Gasteiger partial charge in [-0.2, -0.15) is 5.10 Å². The van der Waals surface area contributed by atoms with E-state index in [-0.39, 0.29) is 12.1 Å². The number of ether oxygens (including phenoxy) is 1. The fourth-order valence-electron chi connectivity index (χ4n) is 3.24. The standard InChI is InChI=1S/C22H19ClN4O4/c1-12-4-9-17(16(23)10-12)24-18(28)11-27-22(29)21-19(13(2)31-26-21)20(25-27)14-5-7-15(30-3)8-6-14/h4-10H,11H2,1-3H3,(H,24,28). The number of hydrogen-bond acceptors (Lipinski definition) is 6. The van der Waals surface area contributed by atoms with Crippen molar-refractivity contribution in [2.24, 2.45) is 0 Å². The highest BCUT2D eigenvalue weighted by molar-refractivity contribution is 6.33. The molecule has 8 nitrogen and oxygen atoms in total. The number of rotatable bonds is 5. The Bertz CT molecular complexity index is 1340. The molecule has 0 aliphatic rings. The van der Waals surface area contributed by atoms with Crippen LogP contribution < -0.4 is 15.6 Å². The van der Waals surface area contributed by atoms with Crippen molar-refractivity contribution in [2.75, 3.05) is 12.4 Å². The zero-order valence-electron chi connectivity index (χ0n) is 17.1. The largest absolute Gasteiger partial charge is 0.497 e. The summed E-state index contributed by atoms with van der Waals surface area (Å²) in [5.41, 5.74) is 2.23. The van der Waals surface area contributed by atoms with E-state index in [0.717, 1.165) is 15.8 Å². The lowest BCUT2D eigenvalue weighted by Crippen LogP contribution is -2.30. The second-order valence-corrected chi connectivity index (χ2v) is 7.44. The molecule has 2 aromatic carbocycles. The highest BCUT2D eigenvalue weighted by Crippen LogP contribution is 2.28. The number of fused-ring (bicyclic) bond motifs is 1. The molecule has 0 saturated carbocycles. The number of methoxy groups -OCH3 is 1. The monoisotopic (exact) mass is 438 g/mol. The number of anilines is 1. The van der Waals surface area contributed by atoms with Gasteiger partial charge in [0.1, 0.15) is 23.7 Å². The van der Waals surface area contributed by atoms with Crippen LogP contribution in [0.15, 0.2) is 51.8 Å². The summed E-state index contributed by atoms with van der Waals surface area (Å²) >= 11 is 6.19. The Morgan fingerprint density at radius 2 is 1.94 bits per heavy atom. The first-order valence-corrected chi connectivity index (χ1v) is 9.82. The Labute approximate surface area is 182 Å². The maximum atomic E-state index is 12.9. The average molecular weight is 439 g/mol. The van der Waals surface area contributed by atoms with Crippen LogP contribution in [-0.2, 0) is 11.3 Å². The number of aryl methyl sites for hydroxylation is 2. The molecular formula is C22H19ClN4O4. The Kier molecular flexibility index (Phi) is 5.48. The fourth-order valence-corrected chi connectivity index (χ4v) is 3.52. The first-order valence-electron chi connectivity index (χ1n) is 9.45. The summed E-state index contributed by atoms with van der Waals surface area (Å²) in [6.07, 6.45) is 0. The van der Waals surface area contributed by atoms with Crippen LogP contribution in [0.1, 0.15) is 11.3 Å². The van der Waals surface area contributed by atoms with Gasteiger partial charge in [-0.05, 0) is 55.8 Å². The van der Waals surface area contributed by atoms with E-state index >= 15 is 0 Å². The first kappa shape index (κ1) is 20.6. The van der Waals surface area contributed by atoms with Gasteiger partial charge in [-0.1, -0.05) is 22.8 Å². The summed E-state index contributed by atoms with van der Waals surface area (Å²) in [6, 6.07) is 12.5. The van der Waals surface area contributed by atoms with Crippen molar-refractivity contribution in [3.63, 3.8) is 0 Å². The first-order chi connectivity index (χ1) is 14.9. The minimum Gasteiger partial charge on any atom is -0.497 e. The molecule has 0 bridgehead atoms. The number of nitrogens with one attached hydrogen (secondary N) is 1. The van der Waals surface area contributed by atoms with Gasteiger partial charge in [0, 0.05) is 5.56 Å². The third-order valence-electron chi connectivity index (χ3n) is 4.81. The number of halogens is 1. The van der Waals surface area contributed by atoms with E-state index in [9.17, 15) is 9.59 Å². The van der Waals surface area contributed by atoms with Gasteiger partial charge in [-0.3, -0.25) is 9.59 Å². The van der Waals surface area contributed by atoms with Crippen molar-refractivity contribution in [3.05, 3.63) is 69.2 Å². The van der Waals surface area contributed by atoms with Crippen molar-refractivity contribution in [1.29, 1.82) is 0 Å². The molecule has 1 amide bonds. The molecule has 9 heteroatoms. The predicted molar refractivity (Wildman–Crippen MR) is 118 cm³/mol. The van der Waals surface area contributed by atoms with Crippen LogP contribution in [0.25, 0.3) is 22.2 Å². The Hall–Kier alpha value is -3.65. The van der Waals surface area contributed by atoms with Gasteiger partial charge in [-0.25, -0.2) is 4.68 Å². The Morgan fingerprint density at radius 1 is 1.19 bits per heavy atom. The third-order valence-corrected chi connectivity index (χ3v) is 5.13. The molecule has 0 aliphatic carbocycles. The van der Waals surface area contributed by atoms with E-state index in [2.05, 4.69) is 15.6 Å². The maximum Gasteiger partial charge on any atom is 0.297 e. The van der Waals surface area contributed by atoms with Crippen LogP contribution in [0.5, 0.6) is 5.75 Å². The van der Waals surface area contributed by atoms with Gasteiger partial charge in [-0.15, -0.1) is 0 Å². The summed E-state index contributed by atoms with van der Waals surface area (Å²) in [5.74, 6) is 0.707. The molecule has 1 N–H and O–H groups in total. The molecule has 0 fully saturated rings. The van der Waals surface area contributed by atoms with Gasteiger partial charge in [0.2, 0.25) is 5.91 Å². The fraction of sp³-hybridized carbons (Fsp3) is 0.182. The van der Waals surface area contributed by atoms with Crippen LogP contribution in [0.3, 0.4) is 0 Å². The van der Waals surface area contributed by atoms with E-state index in [1.165, 1.54) is 0 Å². The number of benzene rings is 2. The van der Waals surface area contributed by atoms with E-state index in [1.54, 1.807) is 38.3 Å². The predicted octanol–water partition coefficient (Wildman–Crippen LogP) is 3.97. The summed E-state index contributed by atoms with van der Waals surface area (Å²) in [7, 11) is 1.58. The Morgan fingerprint density at radius 3 is 2.61 bits per heavy atom. The summed E-state index contributed by atoms with van der Waals surface area (Å²) < 4.78 is 11.5.